The molecule has 0 heterocycles. The van der Waals surface area contributed by atoms with Crippen molar-refractivity contribution in [2.24, 2.45) is 0 Å². The van der Waals surface area contributed by atoms with E-state index in [9.17, 15) is 49.2 Å². The molecule has 5 aromatic rings. The smallest absolute Gasteiger partial charge is 0.343 e. The van der Waals surface area contributed by atoms with E-state index < -0.39 is 68.9 Å². The molecule has 5 aromatic carbocycles. The van der Waals surface area contributed by atoms with Crippen molar-refractivity contribution in [3.8, 4) is 11.5 Å². The highest BCUT2D eigenvalue weighted by molar-refractivity contribution is 6.05. The molecule has 12 nitrogen and oxygen atoms in total. The van der Waals surface area contributed by atoms with Gasteiger partial charge in [-0.25, -0.2) is 28.8 Å². The van der Waals surface area contributed by atoms with Crippen LogP contribution < -0.4 is 9.47 Å². The molecule has 0 unspecified atom stereocenters. The predicted molar refractivity (Wildman–Crippen MR) is 194 cm³/mol. The quantitative estimate of drug-likeness (QED) is 0.0725. The maximum absolute atomic E-state index is 12.7. The standard InChI is InChI=1S/C42H34O12/c1-41(2,27-11-15-29(16-12-27)53-39(51)23-5-19-31(35(43)44)33(21-23)37(47)48)25-7-9-26(10-8-25)42(3,4)28-13-17-30(18-14-28)54-40(52)24-6-20-32(36(45)46)34(22-24)38(49)50/h5-22H,1-4H3,(H,43,44)(H,45,46)(H,47,48)(H,49,50). The number of benzene rings is 5. The number of rotatable bonds is 12. The highest BCUT2D eigenvalue weighted by atomic mass is 16.5. The van der Waals surface area contributed by atoms with E-state index in [0.29, 0.717) is 0 Å². The van der Waals surface area contributed by atoms with E-state index in [1.54, 1.807) is 24.3 Å². The first-order chi connectivity index (χ1) is 25.4. The van der Waals surface area contributed by atoms with Gasteiger partial charge in [0.2, 0.25) is 0 Å². The second-order valence-corrected chi connectivity index (χ2v) is 13.4. The number of aromatic carboxylic acids is 4. The first-order valence-corrected chi connectivity index (χ1v) is 16.4. The SMILES string of the molecule is CC(C)(c1ccc(OC(=O)c2ccc(C(=O)O)c(C(=O)O)c2)cc1)c1ccc(C(C)(C)c2ccc(OC(=O)c3ccc(C(=O)O)c(C(=O)O)c3)cc2)cc1. The first-order valence-electron chi connectivity index (χ1n) is 16.4. The largest absolute Gasteiger partial charge is 0.478 e. The van der Waals surface area contributed by atoms with Crippen LogP contribution in [0.3, 0.4) is 0 Å². The Morgan fingerprint density at radius 3 is 0.907 bits per heavy atom. The molecule has 0 bridgehead atoms. The van der Waals surface area contributed by atoms with E-state index in [0.717, 1.165) is 46.5 Å². The molecule has 0 saturated heterocycles. The molecular formula is C42H34O12. The molecule has 0 atom stereocenters. The van der Waals surface area contributed by atoms with Crippen LogP contribution in [0.5, 0.6) is 11.5 Å². The van der Waals surface area contributed by atoms with Crippen LogP contribution in [-0.2, 0) is 10.8 Å². The fourth-order valence-electron chi connectivity index (χ4n) is 5.92. The van der Waals surface area contributed by atoms with Crippen molar-refractivity contribution in [3.63, 3.8) is 0 Å². The van der Waals surface area contributed by atoms with Crippen molar-refractivity contribution in [2.75, 3.05) is 0 Å². The van der Waals surface area contributed by atoms with Gasteiger partial charge in [0.1, 0.15) is 11.5 Å². The number of carbonyl (C=O) groups excluding carboxylic acids is 2. The lowest BCUT2D eigenvalue weighted by molar-refractivity contribution is 0.0650. The monoisotopic (exact) mass is 730 g/mol. The van der Waals surface area contributed by atoms with Crippen LogP contribution in [0.4, 0.5) is 0 Å². The molecule has 4 N–H and O–H groups in total. The summed E-state index contributed by atoms with van der Waals surface area (Å²) in [7, 11) is 0. The Balaban J connectivity index is 1.26. The third-order valence-corrected chi connectivity index (χ3v) is 9.33. The van der Waals surface area contributed by atoms with Gasteiger partial charge in [0.05, 0.1) is 33.4 Å². The van der Waals surface area contributed by atoms with Crippen LogP contribution in [0, 0.1) is 0 Å². The van der Waals surface area contributed by atoms with Crippen LogP contribution >= 0.6 is 0 Å². The summed E-state index contributed by atoms with van der Waals surface area (Å²) in [6.07, 6.45) is 0. The maximum atomic E-state index is 12.7. The second kappa shape index (κ2) is 14.9. The molecular weight excluding hydrogens is 696 g/mol. The van der Waals surface area contributed by atoms with Crippen LogP contribution in [-0.4, -0.2) is 56.2 Å². The summed E-state index contributed by atoms with van der Waals surface area (Å²) in [5.41, 5.74) is 0.810. The van der Waals surface area contributed by atoms with Crippen LogP contribution in [0.1, 0.15) is 112 Å². The number of carbonyl (C=O) groups is 6. The molecule has 0 aromatic heterocycles. The van der Waals surface area contributed by atoms with Gasteiger partial charge in [-0.3, -0.25) is 0 Å². The topological polar surface area (TPSA) is 202 Å². The number of hydrogen-bond acceptors (Lipinski definition) is 8. The van der Waals surface area contributed by atoms with E-state index in [1.165, 1.54) is 12.1 Å². The summed E-state index contributed by atoms with van der Waals surface area (Å²) in [5, 5.41) is 37.2. The fraction of sp³-hybridized carbons (Fsp3) is 0.143. The Kier molecular flexibility index (Phi) is 10.5. The molecule has 12 heteroatoms. The summed E-state index contributed by atoms with van der Waals surface area (Å²) >= 11 is 0. The summed E-state index contributed by atoms with van der Waals surface area (Å²) in [4.78, 5) is 71.2. The lowest BCUT2D eigenvalue weighted by atomic mass is 9.74. The minimum atomic E-state index is -1.48. The van der Waals surface area contributed by atoms with Gasteiger partial charge in [-0.05, 0) is 82.9 Å². The van der Waals surface area contributed by atoms with Gasteiger partial charge in [0.25, 0.3) is 0 Å². The van der Waals surface area contributed by atoms with Crippen molar-refractivity contribution >= 4 is 35.8 Å². The molecule has 54 heavy (non-hydrogen) atoms. The lowest BCUT2D eigenvalue weighted by Crippen LogP contribution is -2.21. The Hall–Kier alpha value is -7.08. The molecule has 274 valence electrons. The first kappa shape index (κ1) is 38.2. The summed E-state index contributed by atoms with van der Waals surface area (Å²) < 4.78 is 10.9. The van der Waals surface area contributed by atoms with Gasteiger partial charge in [-0.15, -0.1) is 0 Å². The molecule has 0 saturated carbocycles. The number of esters is 2. The van der Waals surface area contributed by atoms with Gasteiger partial charge in [0.15, 0.2) is 0 Å². The molecule has 0 aliphatic rings. The Morgan fingerprint density at radius 1 is 0.389 bits per heavy atom. The zero-order valence-electron chi connectivity index (χ0n) is 29.4. The third-order valence-electron chi connectivity index (χ3n) is 9.33. The second-order valence-electron chi connectivity index (χ2n) is 13.4. The average Bonchev–Trinajstić information content (AvgIpc) is 3.14. The highest BCUT2D eigenvalue weighted by Gasteiger charge is 2.28. The predicted octanol–water partition coefficient (Wildman–Crippen LogP) is 7.57. The maximum Gasteiger partial charge on any atom is 0.343 e. The summed E-state index contributed by atoms with van der Waals surface area (Å²) in [6.45, 7) is 8.20. The Bertz CT molecular complexity index is 2140. The fourth-order valence-corrected chi connectivity index (χ4v) is 5.92. The number of carboxylic acid groups (broad SMARTS) is 4. The van der Waals surface area contributed by atoms with E-state index in [2.05, 4.69) is 27.7 Å². The van der Waals surface area contributed by atoms with Crippen molar-refractivity contribution in [3.05, 3.63) is 165 Å². The lowest BCUT2D eigenvalue weighted by Gasteiger charge is -2.29. The van der Waals surface area contributed by atoms with Gasteiger partial charge in [-0.1, -0.05) is 76.2 Å². The molecule has 0 aliphatic carbocycles. The minimum Gasteiger partial charge on any atom is -0.478 e. The molecule has 0 spiro atoms. The van der Waals surface area contributed by atoms with Crippen molar-refractivity contribution < 1.29 is 58.7 Å². The van der Waals surface area contributed by atoms with E-state index in [-0.39, 0.29) is 22.6 Å². The third kappa shape index (κ3) is 7.87. The normalized spacial score (nSPS) is 11.3. The zero-order valence-corrected chi connectivity index (χ0v) is 29.4. The Morgan fingerprint density at radius 2 is 0.648 bits per heavy atom. The van der Waals surface area contributed by atoms with Crippen molar-refractivity contribution in [2.45, 2.75) is 38.5 Å². The minimum absolute atomic E-state index is 0.108. The van der Waals surface area contributed by atoms with Crippen LogP contribution in [0.25, 0.3) is 0 Å². The molecule has 0 radical (unpaired) electrons. The molecule has 0 aliphatic heterocycles. The summed E-state index contributed by atoms with van der Waals surface area (Å²) in [6, 6.07) is 28.3. The number of hydrogen-bond donors (Lipinski definition) is 4. The van der Waals surface area contributed by atoms with E-state index in [4.69, 9.17) is 9.47 Å². The van der Waals surface area contributed by atoms with Gasteiger partial charge >= 0.3 is 35.8 Å². The number of carboxylic acids is 4. The number of ether oxygens (including phenoxy) is 2. The molecule has 0 fully saturated rings. The van der Waals surface area contributed by atoms with Crippen molar-refractivity contribution in [1.82, 2.24) is 0 Å². The molecule has 5 rings (SSSR count). The van der Waals surface area contributed by atoms with Gasteiger partial charge in [-0.2, -0.15) is 0 Å². The Labute approximate surface area is 308 Å². The molecule has 0 amide bonds. The summed E-state index contributed by atoms with van der Waals surface area (Å²) in [5.74, 6) is -7.05. The van der Waals surface area contributed by atoms with E-state index >= 15 is 0 Å². The van der Waals surface area contributed by atoms with Gasteiger partial charge < -0.3 is 29.9 Å². The van der Waals surface area contributed by atoms with E-state index in [1.807, 2.05) is 48.5 Å². The van der Waals surface area contributed by atoms with Crippen LogP contribution in [0.2, 0.25) is 0 Å². The van der Waals surface area contributed by atoms with Gasteiger partial charge in [0, 0.05) is 10.8 Å². The highest BCUT2D eigenvalue weighted by Crippen LogP contribution is 2.37. The van der Waals surface area contributed by atoms with Crippen molar-refractivity contribution in [1.29, 1.82) is 0 Å². The average molecular weight is 731 g/mol. The van der Waals surface area contributed by atoms with Crippen LogP contribution in [0.15, 0.2) is 109 Å². The zero-order chi connectivity index (χ0) is 39.5.